The standard InChI is InChI=1S/C13H17BrN2O/c1-8-3-4-11(6-12(8)14)16-9(2)10(7-15)5-13(16)17/h3-4,6,9-10H,5,7,15H2,1-2H3. The summed E-state index contributed by atoms with van der Waals surface area (Å²) >= 11 is 3.50. The van der Waals surface area contributed by atoms with Crippen LogP contribution >= 0.6 is 15.9 Å². The summed E-state index contributed by atoms with van der Waals surface area (Å²) in [7, 11) is 0. The molecule has 1 amide bonds. The second kappa shape index (κ2) is 4.78. The average molecular weight is 297 g/mol. The van der Waals surface area contributed by atoms with Crippen LogP contribution in [-0.2, 0) is 4.79 Å². The lowest BCUT2D eigenvalue weighted by Crippen LogP contribution is -2.34. The summed E-state index contributed by atoms with van der Waals surface area (Å²) in [5, 5.41) is 0. The van der Waals surface area contributed by atoms with Crippen molar-refractivity contribution in [2.24, 2.45) is 11.7 Å². The molecule has 1 saturated heterocycles. The number of hydrogen-bond acceptors (Lipinski definition) is 2. The molecule has 0 bridgehead atoms. The summed E-state index contributed by atoms with van der Waals surface area (Å²) in [5.41, 5.74) is 7.82. The normalized spacial score (nSPS) is 24.5. The van der Waals surface area contributed by atoms with E-state index in [1.807, 2.05) is 30.0 Å². The van der Waals surface area contributed by atoms with Gasteiger partial charge in [-0.3, -0.25) is 4.79 Å². The first kappa shape index (κ1) is 12.6. The Bertz CT molecular complexity index is 447. The third kappa shape index (κ3) is 2.24. The second-order valence-corrected chi connectivity index (χ2v) is 5.49. The van der Waals surface area contributed by atoms with Crippen molar-refractivity contribution in [1.82, 2.24) is 0 Å². The van der Waals surface area contributed by atoms with E-state index in [1.165, 1.54) is 5.56 Å². The van der Waals surface area contributed by atoms with Gasteiger partial charge in [0.05, 0.1) is 0 Å². The zero-order valence-corrected chi connectivity index (χ0v) is 11.7. The fraction of sp³-hybridized carbons (Fsp3) is 0.462. The van der Waals surface area contributed by atoms with Gasteiger partial charge < -0.3 is 10.6 Å². The number of aryl methyl sites for hydroxylation is 1. The topological polar surface area (TPSA) is 46.3 Å². The summed E-state index contributed by atoms with van der Waals surface area (Å²) in [4.78, 5) is 13.9. The molecule has 1 aromatic rings. The van der Waals surface area contributed by atoms with E-state index in [2.05, 4.69) is 22.9 Å². The molecule has 2 atom stereocenters. The highest BCUT2D eigenvalue weighted by Gasteiger charge is 2.36. The highest BCUT2D eigenvalue weighted by Crippen LogP contribution is 2.32. The lowest BCUT2D eigenvalue weighted by molar-refractivity contribution is -0.117. The number of anilines is 1. The molecule has 0 radical (unpaired) electrons. The van der Waals surface area contributed by atoms with Crippen molar-refractivity contribution >= 4 is 27.5 Å². The van der Waals surface area contributed by atoms with E-state index in [4.69, 9.17) is 5.73 Å². The predicted molar refractivity (Wildman–Crippen MR) is 73.0 cm³/mol. The molecule has 1 aliphatic heterocycles. The van der Waals surface area contributed by atoms with Crippen LogP contribution in [0.4, 0.5) is 5.69 Å². The maximum atomic E-state index is 12.0. The van der Waals surface area contributed by atoms with Crippen LogP contribution in [-0.4, -0.2) is 18.5 Å². The number of halogens is 1. The fourth-order valence-electron chi connectivity index (χ4n) is 2.32. The number of carbonyl (C=O) groups excluding carboxylic acids is 1. The van der Waals surface area contributed by atoms with E-state index >= 15 is 0 Å². The number of hydrogen-bond donors (Lipinski definition) is 1. The highest BCUT2D eigenvalue weighted by atomic mass is 79.9. The SMILES string of the molecule is Cc1ccc(N2C(=O)CC(CN)C2C)cc1Br. The van der Waals surface area contributed by atoms with Gasteiger partial charge in [-0.1, -0.05) is 22.0 Å². The minimum absolute atomic E-state index is 0.170. The van der Waals surface area contributed by atoms with Gasteiger partial charge in [-0.25, -0.2) is 0 Å². The van der Waals surface area contributed by atoms with Crippen LogP contribution < -0.4 is 10.6 Å². The van der Waals surface area contributed by atoms with Crippen molar-refractivity contribution < 1.29 is 4.79 Å². The van der Waals surface area contributed by atoms with E-state index in [-0.39, 0.29) is 17.9 Å². The first-order valence-corrected chi connectivity index (χ1v) is 6.62. The van der Waals surface area contributed by atoms with Crippen LogP contribution in [0.25, 0.3) is 0 Å². The van der Waals surface area contributed by atoms with Crippen molar-refractivity contribution in [2.45, 2.75) is 26.3 Å². The van der Waals surface area contributed by atoms with Crippen LogP contribution in [0.3, 0.4) is 0 Å². The molecule has 0 aliphatic carbocycles. The molecule has 0 spiro atoms. The van der Waals surface area contributed by atoms with Crippen LogP contribution in [0.2, 0.25) is 0 Å². The van der Waals surface area contributed by atoms with Gasteiger partial charge in [0.15, 0.2) is 0 Å². The smallest absolute Gasteiger partial charge is 0.227 e. The fourth-order valence-corrected chi connectivity index (χ4v) is 2.69. The van der Waals surface area contributed by atoms with Crippen LogP contribution in [0.15, 0.2) is 22.7 Å². The van der Waals surface area contributed by atoms with Gasteiger partial charge in [0.1, 0.15) is 0 Å². The van der Waals surface area contributed by atoms with Gasteiger partial charge in [0, 0.05) is 28.5 Å². The molecule has 1 fully saturated rings. The average Bonchev–Trinajstić information content (AvgIpc) is 2.58. The summed E-state index contributed by atoms with van der Waals surface area (Å²) in [6.07, 6.45) is 0.559. The second-order valence-electron chi connectivity index (χ2n) is 4.64. The van der Waals surface area contributed by atoms with Gasteiger partial charge in [0.2, 0.25) is 5.91 Å². The molecule has 0 saturated carbocycles. The Balaban J connectivity index is 2.33. The lowest BCUT2D eigenvalue weighted by Gasteiger charge is -2.24. The van der Waals surface area contributed by atoms with E-state index in [0.29, 0.717) is 13.0 Å². The molecule has 2 N–H and O–H groups in total. The third-order valence-electron chi connectivity index (χ3n) is 3.53. The Morgan fingerprint density at radius 2 is 2.24 bits per heavy atom. The minimum atomic E-state index is 0.170. The zero-order valence-electron chi connectivity index (χ0n) is 10.1. The van der Waals surface area contributed by atoms with Crippen LogP contribution in [0, 0.1) is 12.8 Å². The third-order valence-corrected chi connectivity index (χ3v) is 4.39. The summed E-state index contributed by atoms with van der Waals surface area (Å²) in [6, 6.07) is 6.20. The largest absolute Gasteiger partial charge is 0.330 e. The van der Waals surface area contributed by atoms with Gasteiger partial charge in [-0.05, 0) is 38.1 Å². The molecule has 1 heterocycles. The van der Waals surface area contributed by atoms with Crippen molar-refractivity contribution in [2.75, 3.05) is 11.4 Å². The lowest BCUT2D eigenvalue weighted by atomic mass is 10.0. The van der Waals surface area contributed by atoms with Gasteiger partial charge >= 0.3 is 0 Å². The van der Waals surface area contributed by atoms with Crippen molar-refractivity contribution in [3.05, 3.63) is 28.2 Å². The number of benzene rings is 1. The van der Waals surface area contributed by atoms with Crippen LogP contribution in [0.5, 0.6) is 0 Å². The van der Waals surface area contributed by atoms with Crippen molar-refractivity contribution in [3.8, 4) is 0 Å². The van der Waals surface area contributed by atoms with E-state index < -0.39 is 0 Å². The summed E-state index contributed by atoms with van der Waals surface area (Å²) in [6.45, 7) is 4.67. The number of nitrogens with zero attached hydrogens (tertiary/aromatic N) is 1. The highest BCUT2D eigenvalue weighted by molar-refractivity contribution is 9.10. The Morgan fingerprint density at radius 1 is 1.53 bits per heavy atom. The van der Waals surface area contributed by atoms with Crippen molar-refractivity contribution in [3.63, 3.8) is 0 Å². The molecular weight excluding hydrogens is 280 g/mol. The molecule has 0 aromatic heterocycles. The van der Waals surface area contributed by atoms with Crippen LogP contribution in [0.1, 0.15) is 18.9 Å². The molecule has 1 aromatic carbocycles. The molecule has 3 nitrogen and oxygen atoms in total. The molecule has 17 heavy (non-hydrogen) atoms. The summed E-state index contributed by atoms with van der Waals surface area (Å²) in [5.74, 6) is 0.436. The molecular formula is C13H17BrN2O. The quantitative estimate of drug-likeness (QED) is 0.911. The van der Waals surface area contributed by atoms with Gasteiger partial charge in [-0.15, -0.1) is 0 Å². The zero-order chi connectivity index (χ0) is 12.6. The molecule has 2 rings (SSSR count). The molecule has 2 unspecified atom stereocenters. The number of nitrogens with two attached hydrogens (primary N) is 1. The monoisotopic (exact) mass is 296 g/mol. The molecule has 1 aliphatic rings. The summed E-state index contributed by atoms with van der Waals surface area (Å²) < 4.78 is 1.03. The Labute approximate surface area is 110 Å². The molecule has 4 heteroatoms. The Hall–Kier alpha value is -0.870. The number of carbonyl (C=O) groups is 1. The number of rotatable bonds is 2. The molecule has 92 valence electrons. The van der Waals surface area contributed by atoms with E-state index in [1.54, 1.807) is 0 Å². The Morgan fingerprint density at radius 3 is 2.76 bits per heavy atom. The first-order chi connectivity index (χ1) is 8.04. The van der Waals surface area contributed by atoms with E-state index in [9.17, 15) is 4.79 Å². The van der Waals surface area contributed by atoms with Gasteiger partial charge in [-0.2, -0.15) is 0 Å². The minimum Gasteiger partial charge on any atom is -0.330 e. The predicted octanol–water partition coefficient (Wildman–Crippen LogP) is 2.46. The first-order valence-electron chi connectivity index (χ1n) is 5.83. The van der Waals surface area contributed by atoms with E-state index in [0.717, 1.165) is 10.2 Å². The van der Waals surface area contributed by atoms with Gasteiger partial charge in [0.25, 0.3) is 0 Å². The Kier molecular flexibility index (Phi) is 3.54. The maximum absolute atomic E-state index is 12.0. The van der Waals surface area contributed by atoms with Crippen molar-refractivity contribution in [1.29, 1.82) is 0 Å². The maximum Gasteiger partial charge on any atom is 0.227 e. The number of amides is 1.